The van der Waals surface area contributed by atoms with Crippen molar-refractivity contribution in [1.29, 1.82) is 0 Å². The predicted octanol–water partition coefficient (Wildman–Crippen LogP) is 2.18. The fourth-order valence-corrected chi connectivity index (χ4v) is 4.37. The van der Waals surface area contributed by atoms with E-state index in [9.17, 15) is 0 Å². The average Bonchev–Trinajstić information content (AvgIpc) is 2.72. The summed E-state index contributed by atoms with van der Waals surface area (Å²) in [7, 11) is 2.26. The van der Waals surface area contributed by atoms with Crippen molar-refractivity contribution < 1.29 is 4.79 Å². The zero-order chi connectivity index (χ0) is 19.2. The minimum atomic E-state index is 0.956. The van der Waals surface area contributed by atoms with E-state index in [0.29, 0.717) is 0 Å². The normalized spacial score (nSPS) is 24.3. The molecule has 0 aromatic carbocycles. The van der Waals surface area contributed by atoms with Crippen LogP contribution in [0.25, 0.3) is 0 Å². The number of carbonyl (C=O) groups is 1. The van der Waals surface area contributed by atoms with Gasteiger partial charge in [-0.3, -0.25) is 0 Å². The highest BCUT2D eigenvalue weighted by atomic mass is 16.1. The Kier molecular flexibility index (Phi) is 13.2. The van der Waals surface area contributed by atoms with Gasteiger partial charge < -0.3 is 24.8 Å². The molecule has 154 valence electrons. The molecule has 0 unspecified atom stereocenters. The number of piperidine rings is 2. The Labute approximate surface area is 162 Å². The lowest BCUT2D eigenvalue weighted by molar-refractivity contribution is -0.0979. The molecule has 3 fully saturated rings. The van der Waals surface area contributed by atoms with Crippen molar-refractivity contribution in [3.8, 4) is 0 Å². The Bertz CT molecular complexity index is 320. The molecule has 0 aromatic rings. The van der Waals surface area contributed by atoms with E-state index in [1.807, 2.05) is 20.6 Å². The molecular weight excluding hydrogens is 324 g/mol. The van der Waals surface area contributed by atoms with Crippen molar-refractivity contribution in [1.82, 2.24) is 20.0 Å². The summed E-state index contributed by atoms with van der Waals surface area (Å²) >= 11 is 0. The summed E-state index contributed by atoms with van der Waals surface area (Å²) in [5, 5.41) is 3.46. The quantitative estimate of drug-likeness (QED) is 0.805. The van der Waals surface area contributed by atoms with Crippen molar-refractivity contribution in [3.05, 3.63) is 0 Å². The fourth-order valence-electron chi connectivity index (χ4n) is 4.37. The molecule has 3 saturated heterocycles. The Morgan fingerprint density at radius 1 is 0.808 bits per heavy atom. The molecule has 1 N–H and O–H groups in total. The van der Waals surface area contributed by atoms with E-state index in [1.54, 1.807) is 0 Å². The number of nitrogens with zero attached hydrogens (tertiary/aromatic N) is 3. The minimum absolute atomic E-state index is 0.956. The standard InChI is InChI=1S/C18H36N4.C2H6.CH2O/c1-20-9-2-17(3-10-20)4-11-21-12-5-18(6-13-21)16-22-14-7-19-8-15-22;2*1-2/h17-19H,2-16H2,1H3;1-2H3;1H2. The van der Waals surface area contributed by atoms with Crippen LogP contribution in [0.2, 0.25) is 0 Å². The van der Waals surface area contributed by atoms with Crippen LogP contribution >= 0.6 is 0 Å². The molecule has 5 heteroatoms. The third kappa shape index (κ3) is 8.94. The second kappa shape index (κ2) is 14.6. The molecule has 0 spiro atoms. The third-order valence-corrected chi connectivity index (χ3v) is 6.12. The molecule has 0 bridgehead atoms. The fraction of sp³-hybridized carbons (Fsp3) is 0.952. The molecule has 3 heterocycles. The van der Waals surface area contributed by atoms with Gasteiger partial charge in [-0.05, 0) is 83.7 Å². The highest BCUT2D eigenvalue weighted by Gasteiger charge is 2.23. The van der Waals surface area contributed by atoms with Gasteiger partial charge in [0.15, 0.2) is 0 Å². The van der Waals surface area contributed by atoms with Gasteiger partial charge in [0.1, 0.15) is 6.79 Å². The number of carbonyl (C=O) groups excluding carboxylic acids is 1. The van der Waals surface area contributed by atoms with Crippen LogP contribution in [0.5, 0.6) is 0 Å². The first kappa shape index (κ1) is 23.5. The van der Waals surface area contributed by atoms with E-state index >= 15 is 0 Å². The maximum absolute atomic E-state index is 8.00. The van der Waals surface area contributed by atoms with Crippen molar-refractivity contribution in [3.63, 3.8) is 0 Å². The summed E-state index contributed by atoms with van der Waals surface area (Å²) in [5.74, 6) is 1.95. The summed E-state index contributed by atoms with van der Waals surface area (Å²) in [5.41, 5.74) is 0. The Morgan fingerprint density at radius 2 is 1.35 bits per heavy atom. The molecule has 3 aliphatic rings. The van der Waals surface area contributed by atoms with E-state index < -0.39 is 0 Å². The third-order valence-electron chi connectivity index (χ3n) is 6.12. The molecule has 0 amide bonds. The van der Waals surface area contributed by atoms with Gasteiger partial charge >= 0.3 is 0 Å². The van der Waals surface area contributed by atoms with Crippen LogP contribution in [-0.2, 0) is 4.79 Å². The number of rotatable bonds is 5. The zero-order valence-corrected chi connectivity index (χ0v) is 17.7. The lowest BCUT2D eigenvalue weighted by Gasteiger charge is -2.37. The van der Waals surface area contributed by atoms with Crippen LogP contribution in [0.15, 0.2) is 0 Å². The molecule has 0 atom stereocenters. The van der Waals surface area contributed by atoms with Crippen molar-refractivity contribution >= 4 is 6.79 Å². The second-order valence-electron chi connectivity index (χ2n) is 7.87. The highest BCUT2D eigenvalue weighted by Crippen LogP contribution is 2.23. The lowest BCUT2D eigenvalue weighted by Crippen LogP contribution is -2.47. The first-order chi connectivity index (χ1) is 12.8. The van der Waals surface area contributed by atoms with Gasteiger partial charge in [-0.15, -0.1) is 0 Å². The van der Waals surface area contributed by atoms with Gasteiger partial charge in [-0.1, -0.05) is 13.8 Å². The number of hydrogen-bond donors (Lipinski definition) is 1. The van der Waals surface area contributed by atoms with Gasteiger partial charge in [0.2, 0.25) is 0 Å². The van der Waals surface area contributed by atoms with E-state index in [0.717, 1.165) is 11.8 Å². The molecule has 0 radical (unpaired) electrons. The SMILES string of the molecule is C=O.CC.CN1CCC(CCN2CCC(CN3CCNCC3)CC2)CC1. The molecule has 5 nitrogen and oxygen atoms in total. The van der Waals surface area contributed by atoms with Gasteiger partial charge in [-0.2, -0.15) is 0 Å². The van der Waals surface area contributed by atoms with Crippen LogP contribution in [-0.4, -0.2) is 94.0 Å². The van der Waals surface area contributed by atoms with E-state index in [1.165, 1.54) is 97.6 Å². The second-order valence-corrected chi connectivity index (χ2v) is 7.87. The number of piperazine rings is 1. The zero-order valence-electron chi connectivity index (χ0n) is 17.7. The molecule has 0 aliphatic carbocycles. The summed E-state index contributed by atoms with van der Waals surface area (Å²) in [4.78, 5) is 15.9. The molecular formula is C21H44N4O. The molecule has 3 aliphatic heterocycles. The molecule has 0 aromatic heterocycles. The average molecular weight is 369 g/mol. The lowest BCUT2D eigenvalue weighted by atomic mass is 9.92. The molecule has 0 saturated carbocycles. The number of hydrogen-bond acceptors (Lipinski definition) is 5. The van der Waals surface area contributed by atoms with Crippen LogP contribution in [0, 0.1) is 11.8 Å². The summed E-state index contributed by atoms with van der Waals surface area (Å²) in [6, 6.07) is 0. The first-order valence-electron chi connectivity index (χ1n) is 10.9. The van der Waals surface area contributed by atoms with Crippen LogP contribution < -0.4 is 5.32 Å². The topological polar surface area (TPSA) is 38.8 Å². The molecule has 26 heavy (non-hydrogen) atoms. The first-order valence-corrected chi connectivity index (χ1v) is 10.9. The van der Waals surface area contributed by atoms with Crippen LogP contribution in [0.4, 0.5) is 0 Å². The summed E-state index contributed by atoms with van der Waals surface area (Å²) < 4.78 is 0. The van der Waals surface area contributed by atoms with Crippen LogP contribution in [0.3, 0.4) is 0 Å². The largest absolute Gasteiger partial charge is 0.314 e. The Morgan fingerprint density at radius 3 is 1.92 bits per heavy atom. The van der Waals surface area contributed by atoms with Crippen molar-refractivity contribution in [2.75, 3.05) is 72.5 Å². The smallest absolute Gasteiger partial charge is 0.106 e. The summed E-state index contributed by atoms with van der Waals surface area (Å²) in [6.45, 7) is 18.9. The van der Waals surface area contributed by atoms with Crippen LogP contribution in [0.1, 0.15) is 46.0 Å². The van der Waals surface area contributed by atoms with E-state index in [2.05, 4.69) is 27.1 Å². The molecule has 3 rings (SSSR count). The number of likely N-dealkylation sites (tertiary alicyclic amines) is 2. The number of nitrogens with one attached hydrogen (secondary N) is 1. The van der Waals surface area contributed by atoms with Gasteiger partial charge in [0.05, 0.1) is 0 Å². The maximum Gasteiger partial charge on any atom is 0.106 e. The Balaban J connectivity index is 0.000000791. The minimum Gasteiger partial charge on any atom is -0.314 e. The van der Waals surface area contributed by atoms with Gasteiger partial charge in [-0.25, -0.2) is 0 Å². The van der Waals surface area contributed by atoms with Gasteiger partial charge in [0.25, 0.3) is 0 Å². The monoisotopic (exact) mass is 368 g/mol. The van der Waals surface area contributed by atoms with Crippen molar-refractivity contribution in [2.45, 2.75) is 46.0 Å². The summed E-state index contributed by atoms with van der Waals surface area (Å²) in [6.07, 6.45) is 7.15. The van der Waals surface area contributed by atoms with E-state index in [4.69, 9.17) is 4.79 Å². The highest BCUT2D eigenvalue weighted by molar-refractivity contribution is 5.11. The maximum atomic E-state index is 8.00. The van der Waals surface area contributed by atoms with E-state index in [-0.39, 0.29) is 0 Å². The Hall–Kier alpha value is -0.490. The van der Waals surface area contributed by atoms with Crippen molar-refractivity contribution in [2.24, 2.45) is 11.8 Å². The van der Waals surface area contributed by atoms with Gasteiger partial charge in [0, 0.05) is 32.7 Å². The predicted molar refractivity (Wildman–Crippen MR) is 112 cm³/mol.